The van der Waals surface area contributed by atoms with E-state index in [0.29, 0.717) is 57.3 Å². The van der Waals surface area contributed by atoms with Gasteiger partial charge in [0.25, 0.3) is 0 Å². The molecule has 0 radical (unpaired) electrons. The lowest BCUT2D eigenvalue weighted by atomic mass is 10.1. The number of nitrogens with one attached hydrogen (secondary N) is 2. The fraction of sp³-hybridized carbons (Fsp3) is 0.486. The number of anilines is 2. The molecule has 0 fully saturated rings. The number of azo groups is 1. The number of nitrogen functional groups attached to an aromatic ring is 2. The van der Waals surface area contributed by atoms with Gasteiger partial charge < -0.3 is 21.4 Å². The molecule has 0 amide bonds. The highest BCUT2D eigenvalue weighted by molar-refractivity contribution is 8.03. The number of hydrogen-bond acceptors (Lipinski definition) is 16. The topological polar surface area (TPSA) is 186 Å². The summed E-state index contributed by atoms with van der Waals surface area (Å²) in [6.45, 7) is 13.7. The molecule has 3 aromatic heterocycles. The van der Waals surface area contributed by atoms with Crippen LogP contribution in [0, 0.1) is 0 Å². The Morgan fingerprint density at radius 1 is 0.293 bits per heavy atom. The second kappa shape index (κ2) is 36.0. The van der Waals surface area contributed by atoms with E-state index in [0.717, 1.165) is 89.6 Å². The molecule has 8 bridgehead atoms. The first-order valence-electron chi connectivity index (χ1n) is 34.5. The van der Waals surface area contributed by atoms with Crippen molar-refractivity contribution >= 4 is 137 Å². The van der Waals surface area contributed by atoms with Crippen molar-refractivity contribution in [2.24, 2.45) is 10.2 Å². The third-order valence-corrected chi connectivity index (χ3v) is 24.1. The van der Waals surface area contributed by atoms with Gasteiger partial charge in [0.1, 0.15) is 22.6 Å². The summed E-state index contributed by atoms with van der Waals surface area (Å²) in [5.74, 6) is 8.75. The zero-order chi connectivity index (χ0) is 64.0. The maximum atomic E-state index is 6.23. The molecule has 0 aliphatic carbocycles. The van der Waals surface area contributed by atoms with Gasteiger partial charge in [0.05, 0.1) is 22.7 Å². The Hall–Kier alpha value is -5.24. The van der Waals surface area contributed by atoms with E-state index in [4.69, 9.17) is 46.5 Å². The second-order valence-corrected chi connectivity index (χ2v) is 31.2. The summed E-state index contributed by atoms with van der Waals surface area (Å²) in [7, 11) is 0. The molecule has 92 heavy (non-hydrogen) atoms. The summed E-state index contributed by atoms with van der Waals surface area (Å²) < 4.78 is 0. The molecule has 0 saturated heterocycles. The molecule has 488 valence electrons. The molecule has 0 atom stereocenters. The minimum Gasteiger partial charge on any atom is -0.397 e. The van der Waals surface area contributed by atoms with Gasteiger partial charge in [-0.05, 0) is 146 Å². The first-order chi connectivity index (χ1) is 45.2. The van der Waals surface area contributed by atoms with Gasteiger partial charge in [-0.15, -0.1) is 70.6 Å². The zero-order valence-electron chi connectivity index (χ0n) is 55.3. The largest absolute Gasteiger partial charge is 0.397 e. The maximum absolute atomic E-state index is 6.23. The fourth-order valence-corrected chi connectivity index (χ4v) is 18.4. The van der Waals surface area contributed by atoms with E-state index in [9.17, 15) is 0 Å². The Labute approximate surface area is 572 Å². The predicted octanol–water partition coefficient (Wildman–Crippen LogP) is 24.5. The van der Waals surface area contributed by atoms with Crippen LogP contribution in [0.25, 0.3) is 89.7 Å². The molecular formula is C74H96N12S6. The van der Waals surface area contributed by atoms with E-state index in [-0.39, 0.29) is 0 Å². The van der Waals surface area contributed by atoms with Crippen LogP contribution >= 0.6 is 70.6 Å². The molecule has 5 heterocycles. The van der Waals surface area contributed by atoms with Gasteiger partial charge in [-0.1, -0.05) is 157 Å². The monoisotopic (exact) mass is 1340 g/mol. The molecule has 10 rings (SSSR count). The van der Waals surface area contributed by atoms with Gasteiger partial charge in [-0.2, -0.15) is 10.2 Å². The summed E-state index contributed by atoms with van der Waals surface area (Å²) in [6.07, 6.45) is 29.2. The number of aromatic amines is 2. The second-order valence-electron chi connectivity index (χ2n) is 24.3. The molecule has 0 spiro atoms. The Balaban J connectivity index is 1.25. The van der Waals surface area contributed by atoms with Crippen LogP contribution in [-0.2, 0) is 0 Å². The van der Waals surface area contributed by atoms with E-state index in [1.54, 1.807) is 12.1 Å². The lowest BCUT2D eigenvalue weighted by molar-refractivity contribution is 0.706. The number of nitrogens with two attached hydrogens (primary N) is 2. The first-order valence-corrected chi connectivity index (χ1v) is 40.5. The van der Waals surface area contributed by atoms with Crippen molar-refractivity contribution < 1.29 is 0 Å². The molecule has 5 aromatic carbocycles. The van der Waals surface area contributed by atoms with Crippen LogP contribution in [0.3, 0.4) is 0 Å². The van der Waals surface area contributed by atoms with E-state index in [1.807, 2.05) is 88.8 Å². The third kappa shape index (κ3) is 18.4. The summed E-state index contributed by atoms with van der Waals surface area (Å²) in [5.41, 5.74) is 21.1. The summed E-state index contributed by atoms with van der Waals surface area (Å²) in [4.78, 5) is 49.0. The van der Waals surface area contributed by atoms with Gasteiger partial charge in [-0.25, -0.2) is 29.9 Å². The highest BCUT2D eigenvalue weighted by atomic mass is 32.2. The minimum absolute atomic E-state index is 0.458. The fourth-order valence-electron chi connectivity index (χ4n) is 11.5. The van der Waals surface area contributed by atoms with E-state index < -0.39 is 0 Å². The quantitative estimate of drug-likeness (QED) is 0.0124. The number of aromatic nitrogens is 8. The number of unbranched alkanes of at least 4 members (excludes halogenated alkanes) is 18. The average molecular weight is 1350 g/mol. The number of rotatable bonds is 38. The van der Waals surface area contributed by atoms with Crippen molar-refractivity contribution in [2.45, 2.75) is 225 Å². The Morgan fingerprint density at radius 2 is 0.576 bits per heavy atom. The zero-order valence-corrected chi connectivity index (χ0v) is 60.2. The van der Waals surface area contributed by atoms with Gasteiger partial charge in [0.2, 0.25) is 0 Å². The molecule has 18 heteroatoms. The number of benzene rings is 5. The Kier molecular flexibility index (Phi) is 27.3. The minimum atomic E-state index is 0.458. The highest BCUT2D eigenvalue weighted by Crippen LogP contribution is 2.47. The molecule has 2 aliphatic heterocycles. The van der Waals surface area contributed by atoms with Crippen LogP contribution in [0.2, 0.25) is 0 Å². The van der Waals surface area contributed by atoms with Crippen LogP contribution < -0.4 is 11.5 Å². The summed E-state index contributed by atoms with van der Waals surface area (Å²) in [6, 6.07) is 25.6. The maximum Gasteiger partial charge on any atom is 0.164 e. The predicted molar refractivity (Wildman–Crippen MR) is 405 cm³/mol. The molecule has 12 nitrogen and oxygen atoms in total. The van der Waals surface area contributed by atoms with E-state index in [1.165, 1.54) is 183 Å². The number of thioether (sulfide) groups is 6. The van der Waals surface area contributed by atoms with Crippen molar-refractivity contribution in [1.82, 2.24) is 39.9 Å². The lowest BCUT2D eigenvalue weighted by Gasteiger charge is -2.12. The number of nitrogens with zero attached hydrogens (tertiary/aromatic N) is 8. The smallest absolute Gasteiger partial charge is 0.164 e. The molecule has 8 aromatic rings. The molecule has 2 aliphatic rings. The summed E-state index contributed by atoms with van der Waals surface area (Å²) in [5, 5.41) is 13.1. The average Bonchev–Trinajstić information content (AvgIpc) is 1.61. The molecule has 0 unspecified atom stereocenters. The van der Waals surface area contributed by atoms with Crippen LogP contribution in [-0.4, -0.2) is 74.4 Å². The van der Waals surface area contributed by atoms with Crippen LogP contribution in [0.5, 0.6) is 0 Å². The molecule has 6 N–H and O–H groups in total. The van der Waals surface area contributed by atoms with Crippen molar-refractivity contribution in [3.8, 4) is 45.6 Å². The number of fused-ring (bicyclic) bond motifs is 20. The Bertz CT molecular complexity index is 3950. The Morgan fingerprint density at radius 3 is 0.891 bits per heavy atom. The summed E-state index contributed by atoms with van der Waals surface area (Å²) >= 11 is 11.8. The van der Waals surface area contributed by atoms with E-state index in [2.05, 4.69) is 99.1 Å². The highest BCUT2D eigenvalue weighted by Gasteiger charge is 2.27. The first kappa shape index (κ1) is 69.6. The van der Waals surface area contributed by atoms with Crippen molar-refractivity contribution in [2.75, 3.05) is 46.0 Å². The van der Waals surface area contributed by atoms with Gasteiger partial charge >= 0.3 is 0 Å². The molecule has 0 saturated carbocycles. The standard InChI is InChI=1S/C74H96N12S6/c1-7-13-19-25-35-87-61-43-53-54(44-62(61)88-36-26-20-14-8-2)71-80-69(53)78-67-51-33-31-49(85-86-50-32-34-59(75)60(76)42-50)41-52(51)68(77-67)79-70-55-45-63(89-37-27-21-15-9-3)64(90-38-28-22-16-10-4)46-56(55)72(81-70)83-74-58-48-66(92-40-30-24-18-12-6)65(91-39-29-23-17-11-5)47-57(58)73(82-71)84-74/h31-34,41-48H,7-30,35-40,75-76H2,1-6H3,(H2,77,78,79,80,81,82,83,84). The third-order valence-electron chi connectivity index (χ3n) is 16.9. The SMILES string of the molecule is CCCCCCSc1cc2c(cc1SCCCCCC)-c1nc-2nc2[nH]c(nc3nc(nc4[nH]c(n1)c1cc(SCCCCCC)c(SCCCCCC)cc41)-c1cc(SCCCCCC)c(SCCCCCC)cc1-3)c1cc(N=Nc3ccc(N)c(N)c3)ccc21. The van der Waals surface area contributed by atoms with Crippen LogP contribution in [0.4, 0.5) is 22.7 Å². The van der Waals surface area contributed by atoms with Gasteiger partial charge in [0.15, 0.2) is 23.3 Å². The van der Waals surface area contributed by atoms with Crippen molar-refractivity contribution in [1.29, 1.82) is 0 Å². The van der Waals surface area contributed by atoms with Crippen LogP contribution in [0.15, 0.2) is 112 Å². The normalized spacial score (nSPS) is 12.1. The van der Waals surface area contributed by atoms with Gasteiger partial charge in [0, 0.05) is 73.2 Å². The lowest BCUT2D eigenvalue weighted by Crippen LogP contribution is -1.92. The van der Waals surface area contributed by atoms with E-state index >= 15 is 0 Å². The van der Waals surface area contributed by atoms with Gasteiger partial charge in [-0.3, -0.25) is 0 Å². The number of hydrogen-bond donors (Lipinski definition) is 4. The van der Waals surface area contributed by atoms with Crippen LogP contribution in [0.1, 0.15) is 196 Å². The molecular weight excluding hydrogens is 1250 g/mol. The van der Waals surface area contributed by atoms with Crippen molar-refractivity contribution in [3.05, 3.63) is 72.8 Å². The van der Waals surface area contributed by atoms with Crippen molar-refractivity contribution in [3.63, 3.8) is 0 Å². The number of H-pyrrole nitrogens is 2.